The summed E-state index contributed by atoms with van der Waals surface area (Å²) in [6.45, 7) is 12.4. The predicted molar refractivity (Wildman–Crippen MR) is 131 cm³/mol. The van der Waals surface area contributed by atoms with E-state index in [1.54, 1.807) is 0 Å². The van der Waals surface area contributed by atoms with Crippen molar-refractivity contribution < 1.29 is 9.47 Å². The summed E-state index contributed by atoms with van der Waals surface area (Å²) in [5, 5.41) is 3.48. The van der Waals surface area contributed by atoms with Crippen molar-refractivity contribution in [1.29, 1.82) is 0 Å². The largest absolute Gasteiger partial charge is 0.457 e. The van der Waals surface area contributed by atoms with Gasteiger partial charge in [-0.3, -0.25) is 0 Å². The maximum absolute atomic E-state index is 6.21. The second kappa shape index (κ2) is 11.7. The van der Waals surface area contributed by atoms with Crippen molar-refractivity contribution in [2.45, 2.75) is 59.2 Å². The molecule has 6 nitrogen and oxygen atoms in total. The smallest absolute Gasteiger partial charge is 0.129 e. The van der Waals surface area contributed by atoms with E-state index in [0.29, 0.717) is 12.6 Å². The molecule has 0 saturated carbocycles. The molecule has 0 unspecified atom stereocenters. The second-order valence-corrected chi connectivity index (χ2v) is 8.18. The van der Waals surface area contributed by atoms with Crippen LogP contribution in [0.3, 0.4) is 0 Å². The molecule has 3 aromatic rings. The van der Waals surface area contributed by atoms with Gasteiger partial charge in [-0.2, -0.15) is 0 Å². The summed E-state index contributed by atoms with van der Waals surface area (Å²) in [6, 6.07) is 13.0. The lowest BCUT2D eigenvalue weighted by atomic mass is 10.1. The van der Waals surface area contributed by atoms with Crippen LogP contribution < -0.4 is 15.8 Å². The Hall–Kier alpha value is -2.83. The molecule has 0 aliphatic heterocycles. The van der Waals surface area contributed by atoms with Gasteiger partial charge in [-0.05, 0) is 67.8 Å². The van der Waals surface area contributed by atoms with Crippen molar-refractivity contribution in [2.75, 3.05) is 13.2 Å². The van der Waals surface area contributed by atoms with E-state index in [1.165, 1.54) is 30.2 Å². The second-order valence-electron chi connectivity index (χ2n) is 8.18. The van der Waals surface area contributed by atoms with Crippen LogP contribution in [0.25, 0.3) is 11.0 Å². The molecule has 1 heterocycles. The van der Waals surface area contributed by atoms with Crippen LogP contribution in [0.4, 0.5) is 0 Å². The molecule has 0 spiro atoms. The number of nitrogens with zero attached hydrogens (tertiary/aromatic N) is 2. The van der Waals surface area contributed by atoms with Gasteiger partial charge in [-0.15, -0.1) is 0 Å². The fourth-order valence-electron chi connectivity index (χ4n) is 3.94. The van der Waals surface area contributed by atoms with Crippen molar-refractivity contribution in [1.82, 2.24) is 14.9 Å². The molecule has 0 amide bonds. The lowest BCUT2D eigenvalue weighted by molar-refractivity contribution is 0.139. The first kappa shape index (κ1) is 23.8. The fraction of sp³-hybridized carbons (Fsp3) is 0.423. The van der Waals surface area contributed by atoms with E-state index < -0.39 is 0 Å². The Bertz CT molecular complexity index is 1030. The molecule has 32 heavy (non-hydrogen) atoms. The van der Waals surface area contributed by atoms with Crippen molar-refractivity contribution in [3.63, 3.8) is 0 Å². The molecule has 2 aromatic carbocycles. The SMILES string of the molecule is C=CN.CCOCCn1c(CNC(C)C)nc2ccc(Oc3ccc4c(c3)CCC4)cc21. The van der Waals surface area contributed by atoms with Gasteiger partial charge in [0.2, 0.25) is 0 Å². The monoisotopic (exact) mass is 436 g/mol. The van der Waals surface area contributed by atoms with Crippen LogP contribution in [-0.2, 0) is 30.7 Å². The zero-order valence-corrected chi connectivity index (χ0v) is 19.6. The quantitative estimate of drug-likeness (QED) is 0.465. The van der Waals surface area contributed by atoms with Gasteiger partial charge in [0.15, 0.2) is 0 Å². The van der Waals surface area contributed by atoms with E-state index in [1.807, 2.05) is 19.1 Å². The predicted octanol–water partition coefficient (Wildman–Crippen LogP) is 4.94. The zero-order chi connectivity index (χ0) is 22.9. The first-order valence-corrected chi connectivity index (χ1v) is 11.5. The first-order valence-electron chi connectivity index (χ1n) is 11.5. The minimum Gasteiger partial charge on any atom is -0.457 e. The van der Waals surface area contributed by atoms with E-state index in [9.17, 15) is 0 Å². The number of ether oxygens (including phenoxy) is 2. The highest BCUT2D eigenvalue weighted by Crippen LogP contribution is 2.30. The minimum absolute atomic E-state index is 0.411. The summed E-state index contributed by atoms with van der Waals surface area (Å²) in [4.78, 5) is 4.85. The van der Waals surface area contributed by atoms with Gasteiger partial charge in [0.05, 0.1) is 24.2 Å². The van der Waals surface area contributed by atoms with Crippen LogP contribution in [0, 0.1) is 0 Å². The van der Waals surface area contributed by atoms with Crippen molar-refractivity contribution in [3.05, 3.63) is 66.1 Å². The van der Waals surface area contributed by atoms with Crippen LogP contribution in [0.2, 0.25) is 0 Å². The van der Waals surface area contributed by atoms with Crippen LogP contribution in [0.15, 0.2) is 49.2 Å². The Morgan fingerprint density at radius 3 is 2.62 bits per heavy atom. The molecule has 0 saturated heterocycles. The number of nitrogens with one attached hydrogen (secondary N) is 1. The summed E-state index contributed by atoms with van der Waals surface area (Å²) in [6.07, 6.45) is 4.84. The van der Waals surface area contributed by atoms with Gasteiger partial charge in [0, 0.05) is 25.3 Å². The Morgan fingerprint density at radius 2 is 1.88 bits per heavy atom. The molecular weight excluding hydrogens is 400 g/mol. The number of imidazole rings is 1. The highest BCUT2D eigenvalue weighted by molar-refractivity contribution is 5.78. The van der Waals surface area contributed by atoms with Crippen LogP contribution in [-0.4, -0.2) is 28.8 Å². The zero-order valence-electron chi connectivity index (χ0n) is 19.6. The molecular formula is C26H36N4O2. The number of rotatable bonds is 9. The molecule has 0 bridgehead atoms. The van der Waals surface area contributed by atoms with Crippen molar-refractivity contribution in [3.8, 4) is 11.5 Å². The Morgan fingerprint density at radius 1 is 1.16 bits per heavy atom. The van der Waals surface area contributed by atoms with E-state index in [4.69, 9.17) is 14.5 Å². The summed E-state index contributed by atoms with van der Waals surface area (Å²) in [5.74, 6) is 2.78. The van der Waals surface area contributed by atoms with E-state index >= 15 is 0 Å². The molecule has 0 fully saturated rings. The van der Waals surface area contributed by atoms with Gasteiger partial charge in [0.1, 0.15) is 17.3 Å². The molecule has 1 aliphatic carbocycles. The van der Waals surface area contributed by atoms with Gasteiger partial charge in [0.25, 0.3) is 0 Å². The Labute approximate surface area is 191 Å². The average molecular weight is 437 g/mol. The molecule has 3 N–H and O–H groups in total. The van der Waals surface area contributed by atoms with Crippen LogP contribution in [0.1, 0.15) is 44.1 Å². The standard InChI is InChI=1S/C24H31N3O2.C2H5N/c1-4-28-13-12-27-23-15-21(10-11-22(23)26-24(27)16-25-17(2)3)29-20-9-8-18-6-5-7-19(18)14-20;1-2-3/h8-11,14-15,17,25H,4-7,12-13,16H2,1-3H3;2H,1,3H2. The van der Waals surface area contributed by atoms with Gasteiger partial charge >= 0.3 is 0 Å². The number of hydrogen-bond acceptors (Lipinski definition) is 5. The van der Waals surface area contributed by atoms with Crippen LogP contribution in [0.5, 0.6) is 11.5 Å². The summed E-state index contributed by atoms with van der Waals surface area (Å²) in [5.41, 5.74) is 9.57. The van der Waals surface area contributed by atoms with Crippen LogP contribution >= 0.6 is 0 Å². The maximum atomic E-state index is 6.21. The molecule has 0 radical (unpaired) electrons. The molecule has 6 heteroatoms. The molecule has 1 aliphatic rings. The normalized spacial score (nSPS) is 12.5. The third-order valence-electron chi connectivity index (χ3n) is 5.44. The van der Waals surface area contributed by atoms with Gasteiger partial charge < -0.3 is 25.1 Å². The molecule has 1 aromatic heterocycles. The number of benzene rings is 2. The maximum Gasteiger partial charge on any atom is 0.129 e. The Kier molecular flexibility index (Phi) is 8.71. The fourth-order valence-corrected chi connectivity index (χ4v) is 3.94. The molecule has 0 atom stereocenters. The molecule has 172 valence electrons. The summed E-state index contributed by atoms with van der Waals surface area (Å²) in [7, 11) is 0. The third-order valence-corrected chi connectivity index (χ3v) is 5.44. The van der Waals surface area contributed by atoms with Gasteiger partial charge in [-0.1, -0.05) is 26.5 Å². The highest BCUT2D eigenvalue weighted by atomic mass is 16.5. The van der Waals surface area contributed by atoms with E-state index in [2.05, 4.69) is 60.3 Å². The topological polar surface area (TPSA) is 74.3 Å². The highest BCUT2D eigenvalue weighted by Gasteiger charge is 2.14. The van der Waals surface area contributed by atoms with Crippen molar-refractivity contribution >= 4 is 11.0 Å². The lowest BCUT2D eigenvalue weighted by Crippen LogP contribution is -2.24. The van der Waals surface area contributed by atoms with Gasteiger partial charge in [-0.25, -0.2) is 4.98 Å². The number of aryl methyl sites for hydroxylation is 2. The first-order chi connectivity index (χ1) is 15.5. The number of fused-ring (bicyclic) bond motifs is 2. The minimum atomic E-state index is 0.411. The van der Waals surface area contributed by atoms with E-state index in [0.717, 1.165) is 54.5 Å². The number of aromatic nitrogens is 2. The summed E-state index contributed by atoms with van der Waals surface area (Å²) >= 11 is 0. The third kappa shape index (κ3) is 6.11. The Balaban J connectivity index is 0.000000913. The molecule has 4 rings (SSSR count). The average Bonchev–Trinajstić information content (AvgIpc) is 3.37. The summed E-state index contributed by atoms with van der Waals surface area (Å²) < 4.78 is 14.1. The van der Waals surface area contributed by atoms with Crippen molar-refractivity contribution in [2.24, 2.45) is 5.73 Å². The van der Waals surface area contributed by atoms with E-state index in [-0.39, 0.29) is 0 Å². The number of hydrogen-bond donors (Lipinski definition) is 2. The number of nitrogens with two attached hydrogens (primary N) is 1. The lowest BCUT2D eigenvalue weighted by Gasteiger charge is -2.12.